The molecule has 0 bridgehead atoms. The van der Waals surface area contributed by atoms with E-state index in [-0.39, 0.29) is 11.8 Å². The molecule has 0 aromatic heterocycles. The second kappa shape index (κ2) is 7.74. The fourth-order valence-corrected chi connectivity index (χ4v) is 2.32. The second-order valence-electron chi connectivity index (χ2n) is 5.00. The van der Waals surface area contributed by atoms with Crippen LogP contribution in [0.3, 0.4) is 0 Å². The number of halogens is 1. The Morgan fingerprint density at radius 1 is 1.13 bits per heavy atom. The molecule has 0 heterocycles. The van der Waals surface area contributed by atoms with Crippen molar-refractivity contribution >= 4 is 33.4 Å². The molecule has 4 nitrogen and oxygen atoms in total. The number of nitrogens with one attached hydrogen (secondary N) is 2. The molecule has 0 radical (unpaired) electrons. The minimum absolute atomic E-state index is 0.238. The molecule has 0 saturated heterocycles. The van der Waals surface area contributed by atoms with Gasteiger partial charge in [0.1, 0.15) is 0 Å². The lowest BCUT2D eigenvalue weighted by Gasteiger charge is -2.08. The molecule has 118 valence electrons. The van der Waals surface area contributed by atoms with Crippen LogP contribution < -0.4 is 10.6 Å². The van der Waals surface area contributed by atoms with E-state index in [1.165, 1.54) is 0 Å². The van der Waals surface area contributed by atoms with Gasteiger partial charge in [0, 0.05) is 27.8 Å². The maximum atomic E-state index is 12.3. The first-order chi connectivity index (χ1) is 11.0. The van der Waals surface area contributed by atoms with E-state index in [0.717, 1.165) is 10.0 Å². The number of amides is 2. The predicted molar refractivity (Wildman–Crippen MR) is 95.8 cm³/mol. The number of rotatable bonds is 5. The number of aryl methyl sites for hydroxylation is 1. The molecule has 0 aliphatic rings. The van der Waals surface area contributed by atoms with E-state index in [1.807, 2.05) is 25.1 Å². The molecule has 2 amide bonds. The van der Waals surface area contributed by atoms with Gasteiger partial charge in [0.2, 0.25) is 0 Å². The highest BCUT2D eigenvalue weighted by Gasteiger charge is 2.10. The lowest BCUT2D eigenvalue weighted by molar-refractivity contribution is 0.0958. The van der Waals surface area contributed by atoms with Crippen molar-refractivity contribution in [3.05, 3.63) is 76.3 Å². The smallest absolute Gasteiger partial charge is 0.255 e. The molecule has 2 rings (SSSR count). The van der Waals surface area contributed by atoms with E-state index in [4.69, 9.17) is 0 Å². The summed E-state index contributed by atoms with van der Waals surface area (Å²) in [6.07, 6.45) is 1.60. The second-order valence-corrected chi connectivity index (χ2v) is 5.85. The summed E-state index contributed by atoms with van der Waals surface area (Å²) in [5.41, 5.74) is 2.63. The Labute approximate surface area is 143 Å². The van der Waals surface area contributed by atoms with Crippen molar-refractivity contribution in [1.82, 2.24) is 5.32 Å². The van der Waals surface area contributed by atoms with Gasteiger partial charge in [-0.3, -0.25) is 9.59 Å². The number of hydrogen-bond acceptors (Lipinski definition) is 2. The maximum Gasteiger partial charge on any atom is 0.255 e. The molecule has 0 aliphatic carbocycles. The highest BCUT2D eigenvalue weighted by Crippen LogP contribution is 2.21. The Kier molecular flexibility index (Phi) is 5.71. The fourth-order valence-electron chi connectivity index (χ4n) is 1.94. The van der Waals surface area contributed by atoms with Gasteiger partial charge < -0.3 is 10.6 Å². The van der Waals surface area contributed by atoms with E-state index in [1.54, 1.807) is 30.3 Å². The number of carbonyl (C=O) groups is 2. The lowest BCUT2D eigenvalue weighted by Crippen LogP contribution is -2.23. The summed E-state index contributed by atoms with van der Waals surface area (Å²) in [5, 5.41) is 5.50. The van der Waals surface area contributed by atoms with Gasteiger partial charge in [-0.25, -0.2) is 0 Å². The van der Waals surface area contributed by atoms with Gasteiger partial charge >= 0.3 is 0 Å². The molecule has 0 saturated carbocycles. The van der Waals surface area contributed by atoms with Crippen LogP contribution in [-0.4, -0.2) is 18.4 Å². The van der Waals surface area contributed by atoms with E-state index >= 15 is 0 Å². The van der Waals surface area contributed by atoms with E-state index < -0.39 is 0 Å². The molecule has 5 heteroatoms. The molecule has 2 N–H and O–H groups in total. The van der Waals surface area contributed by atoms with Crippen molar-refractivity contribution in [3.63, 3.8) is 0 Å². The fraction of sp³-hybridized carbons (Fsp3) is 0.111. The third-order valence-electron chi connectivity index (χ3n) is 3.22. The van der Waals surface area contributed by atoms with Crippen LogP contribution in [0.5, 0.6) is 0 Å². The monoisotopic (exact) mass is 372 g/mol. The molecule has 2 aromatic carbocycles. The Morgan fingerprint density at radius 3 is 2.48 bits per heavy atom. The first kappa shape index (κ1) is 17.0. The molecule has 0 unspecified atom stereocenters. The predicted octanol–water partition coefficient (Wildman–Crippen LogP) is 3.93. The van der Waals surface area contributed by atoms with Crippen LogP contribution in [0.2, 0.25) is 0 Å². The molecule has 23 heavy (non-hydrogen) atoms. The van der Waals surface area contributed by atoms with Crippen LogP contribution >= 0.6 is 15.9 Å². The van der Waals surface area contributed by atoms with Crippen molar-refractivity contribution in [2.75, 3.05) is 11.9 Å². The topological polar surface area (TPSA) is 58.2 Å². The molecule has 2 aromatic rings. The van der Waals surface area contributed by atoms with Gasteiger partial charge in [-0.05, 0) is 42.8 Å². The van der Waals surface area contributed by atoms with Crippen LogP contribution in [0.25, 0.3) is 0 Å². The van der Waals surface area contributed by atoms with E-state index in [2.05, 4.69) is 33.1 Å². The summed E-state index contributed by atoms with van der Waals surface area (Å²) in [4.78, 5) is 24.2. The quantitative estimate of drug-likeness (QED) is 0.781. The van der Waals surface area contributed by atoms with Crippen molar-refractivity contribution in [1.29, 1.82) is 0 Å². The van der Waals surface area contributed by atoms with Crippen molar-refractivity contribution in [2.45, 2.75) is 6.92 Å². The van der Waals surface area contributed by atoms with Crippen LogP contribution in [0.1, 0.15) is 26.3 Å². The number of hydrogen-bond donors (Lipinski definition) is 2. The molecule has 0 spiro atoms. The Hall–Kier alpha value is -2.40. The summed E-state index contributed by atoms with van der Waals surface area (Å²) in [6, 6.07) is 12.2. The average Bonchev–Trinajstić information content (AvgIpc) is 2.56. The number of anilines is 1. The Morgan fingerprint density at radius 2 is 1.83 bits per heavy atom. The largest absolute Gasteiger partial charge is 0.349 e. The van der Waals surface area contributed by atoms with Crippen LogP contribution in [0.15, 0.2) is 59.6 Å². The SMILES string of the molecule is C=CCNC(=O)c1cccc(C(=O)Nc2ccc(C)c(Br)c2)c1. The summed E-state index contributed by atoms with van der Waals surface area (Å²) in [7, 11) is 0. The Bertz CT molecular complexity index is 756. The van der Waals surface area contributed by atoms with Gasteiger partial charge in [-0.2, -0.15) is 0 Å². The number of benzene rings is 2. The first-order valence-corrected chi connectivity index (χ1v) is 7.87. The third-order valence-corrected chi connectivity index (χ3v) is 4.08. The molecule has 0 aliphatic heterocycles. The molecule has 0 atom stereocenters. The zero-order valence-corrected chi connectivity index (χ0v) is 14.3. The van der Waals surface area contributed by atoms with E-state index in [9.17, 15) is 9.59 Å². The van der Waals surface area contributed by atoms with Gasteiger partial charge in [0.15, 0.2) is 0 Å². The third kappa shape index (κ3) is 4.53. The van der Waals surface area contributed by atoms with E-state index in [0.29, 0.717) is 23.4 Å². The summed E-state index contributed by atoms with van der Waals surface area (Å²) >= 11 is 3.43. The summed E-state index contributed by atoms with van der Waals surface area (Å²) in [6.45, 7) is 5.90. The normalized spacial score (nSPS) is 10.0. The molecule has 0 fully saturated rings. The van der Waals surface area contributed by atoms with Gasteiger partial charge in [-0.15, -0.1) is 6.58 Å². The van der Waals surface area contributed by atoms with Crippen molar-refractivity contribution in [2.24, 2.45) is 0 Å². The highest BCUT2D eigenvalue weighted by atomic mass is 79.9. The average molecular weight is 373 g/mol. The number of carbonyl (C=O) groups excluding carboxylic acids is 2. The highest BCUT2D eigenvalue weighted by molar-refractivity contribution is 9.10. The summed E-state index contributed by atoms with van der Waals surface area (Å²) in [5.74, 6) is -0.503. The minimum Gasteiger partial charge on any atom is -0.349 e. The minimum atomic E-state index is -0.265. The molecular weight excluding hydrogens is 356 g/mol. The zero-order chi connectivity index (χ0) is 16.8. The summed E-state index contributed by atoms with van der Waals surface area (Å²) < 4.78 is 0.924. The molecular formula is C18H17BrN2O2. The van der Waals surface area contributed by atoms with Crippen molar-refractivity contribution in [3.8, 4) is 0 Å². The van der Waals surface area contributed by atoms with Gasteiger partial charge in [0.05, 0.1) is 0 Å². The van der Waals surface area contributed by atoms with Crippen LogP contribution in [0.4, 0.5) is 5.69 Å². The lowest BCUT2D eigenvalue weighted by atomic mass is 10.1. The Balaban J connectivity index is 2.14. The maximum absolute atomic E-state index is 12.3. The van der Waals surface area contributed by atoms with Crippen LogP contribution in [0, 0.1) is 6.92 Å². The zero-order valence-electron chi connectivity index (χ0n) is 12.7. The van der Waals surface area contributed by atoms with Crippen LogP contribution in [-0.2, 0) is 0 Å². The standard InChI is InChI=1S/C18H17BrN2O2/c1-3-9-20-17(22)13-5-4-6-14(10-13)18(23)21-15-8-7-12(2)16(19)11-15/h3-8,10-11H,1,9H2,2H3,(H,20,22)(H,21,23). The van der Waals surface area contributed by atoms with Crippen molar-refractivity contribution < 1.29 is 9.59 Å². The van der Waals surface area contributed by atoms with Gasteiger partial charge in [0.25, 0.3) is 11.8 Å². The first-order valence-electron chi connectivity index (χ1n) is 7.08. The van der Waals surface area contributed by atoms with Gasteiger partial charge in [-0.1, -0.05) is 34.1 Å².